The molecule has 0 saturated carbocycles. The second-order valence-electron chi connectivity index (χ2n) is 6.16. The Labute approximate surface area is 165 Å². The molecule has 0 saturated heterocycles. The number of rotatable bonds is 5. The standard InChI is InChI=1S/C21H19BrN2O3/c1-13(21(26)24-19-8-6-18(7-9-19)23-14(2)25)27-20-10-4-15-11-17(22)5-3-16(15)12-20/h3-13H,1-2H3,(H,23,25)(H,24,26). The van der Waals surface area contributed by atoms with Gasteiger partial charge in [-0.15, -0.1) is 0 Å². The first kappa shape index (κ1) is 18.9. The molecule has 3 aromatic rings. The Kier molecular flexibility index (Phi) is 5.76. The summed E-state index contributed by atoms with van der Waals surface area (Å²) in [6.45, 7) is 3.15. The van der Waals surface area contributed by atoms with E-state index in [4.69, 9.17) is 4.74 Å². The molecule has 5 nitrogen and oxygen atoms in total. The maximum Gasteiger partial charge on any atom is 0.265 e. The number of hydrogen-bond donors (Lipinski definition) is 2. The summed E-state index contributed by atoms with van der Waals surface area (Å²) in [5, 5.41) is 7.61. The van der Waals surface area contributed by atoms with Gasteiger partial charge in [0.15, 0.2) is 6.10 Å². The molecule has 0 aliphatic rings. The van der Waals surface area contributed by atoms with Crippen LogP contribution in [0.1, 0.15) is 13.8 Å². The number of carbonyl (C=O) groups excluding carboxylic acids is 2. The molecule has 0 fully saturated rings. The van der Waals surface area contributed by atoms with Crippen molar-refractivity contribution in [3.63, 3.8) is 0 Å². The second kappa shape index (κ2) is 8.22. The lowest BCUT2D eigenvalue weighted by molar-refractivity contribution is -0.122. The molecule has 27 heavy (non-hydrogen) atoms. The van der Waals surface area contributed by atoms with E-state index < -0.39 is 6.10 Å². The fraction of sp³-hybridized carbons (Fsp3) is 0.143. The Bertz CT molecular complexity index is 986. The summed E-state index contributed by atoms with van der Waals surface area (Å²) in [6, 6.07) is 18.6. The van der Waals surface area contributed by atoms with E-state index in [0.717, 1.165) is 15.2 Å². The lowest BCUT2D eigenvalue weighted by Crippen LogP contribution is -2.30. The predicted molar refractivity (Wildman–Crippen MR) is 111 cm³/mol. The van der Waals surface area contributed by atoms with Crippen LogP contribution >= 0.6 is 15.9 Å². The molecule has 0 heterocycles. The third-order valence-electron chi connectivity index (χ3n) is 3.93. The summed E-state index contributed by atoms with van der Waals surface area (Å²) in [5.41, 5.74) is 1.31. The number of benzene rings is 3. The molecule has 0 aromatic heterocycles. The van der Waals surface area contributed by atoms with E-state index in [2.05, 4.69) is 26.6 Å². The van der Waals surface area contributed by atoms with Crippen LogP contribution in [0.15, 0.2) is 65.1 Å². The zero-order valence-corrected chi connectivity index (χ0v) is 16.5. The SMILES string of the molecule is CC(=O)Nc1ccc(NC(=O)C(C)Oc2ccc3cc(Br)ccc3c2)cc1. The van der Waals surface area contributed by atoms with Crippen molar-refractivity contribution in [3.8, 4) is 5.75 Å². The van der Waals surface area contributed by atoms with Crippen molar-refractivity contribution >= 4 is 49.9 Å². The Morgan fingerprint density at radius 3 is 2.15 bits per heavy atom. The molecule has 3 rings (SSSR count). The number of anilines is 2. The van der Waals surface area contributed by atoms with Crippen molar-refractivity contribution in [2.75, 3.05) is 10.6 Å². The number of nitrogens with one attached hydrogen (secondary N) is 2. The van der Waals surface area contributed by atoms with Gasteiger partial charge in [0.1, 0.15) is 5.75 Å². The van der Waals surface area contributed by atoms with Gasteiger partial charge < -0.3 is 15.4 Å². The van der Waals surface area contributed by atoms with Crippen molar-refractivity contribution in [2.45, 2.75) is 20.0 Å². The second-order valence-corrected chi connectivity index (χ2v) is 7.08. The van der Waals surface area contributed by atoms with E-state index in [9.17, 15) is 9.59 Å². The minimum absolute atomic E-state index is 0.142. The molecule has 0 aliphatic carbocycles. The van der Waals surface area contributed by atoms with Gasteiger partial charge >= 0.3 is 0 Å². The van der Waals surface area contributed by atoms with Crippen LogP contribution in [0.3, 0.4) is 0 Å². The topological polar surface area (TPSA) is 67.4 Å². The third kappa shape index (κ3) is 5.08. The number of halogens is 1. The van der Waals surface area contributed by atoms with Gasteiger partial charge in [-0.05, 0) is 66.2 Å². The van der Waals surface area contributed by atoms with Crippen molar-refractivity contribution in [1.82, 2.24) is 0 Å². The van der Waals surface area contributed by atoms with E-state index in [1.165, 1.54) is 6.92 Å². The molecule has 1 unspecified atom stereocenters. The monoisotopic (exact) mass is 426 g/mol. The largest absolute Gasteiger partial charge is 0.481 e. The quantitative estimate of drug-likeness (QED) is 0.605. The van der Waals surface area contributed by atoms with Crippen molar-refractivity contribution in [3.05, 3.63) is 65.1 Å². The number of ether oxygens (including phenoxy) is 1. The van der Waals surface area contributed by atoms with Gasteiger partial charge in [-0.3, -0.25) is 9.59 Å². The number of hydrogen-bond acceptors (Lipinski definition) is 3. The Morgan fingerprint density at radius 1 is 0.889 bits per heavy atom. The first-order valence-electron chi connectivity index (χ1n) is 8.45. The number of fused-ring (bicyclic) bond motifs is 1. The normalized spacial score (nSPS) is 11.7. The molecule has 0 radical (unpaired) electrons. The van der Waals surface area contributed by atoms with Crippen molar-refractivity contribution in [1.29, 1.82) is 0 Å². The third-order valence-corrected chi connectivity index (χ3v) is 4.42. The predicted octanol–water partition coefficient (Wildman–Crippen LogP) is 4.97. The molecule has 0 bridgehead atoms. The Balaban J connectivity index is 1.63. The molecule has 1 atom stereocenters. The summed E-state index contributed by atoms with van der Waals surface area (Å²) >= 11 is 3.45. The van der Waals surface area contributed by atoms with E-state index >= 15 is 0 Å². The highest BCUT2D eigenvalue weighted by atomic mass is 79.9. The molecule has 138 valence electrons. The zero-order valence-electron chi connectivity index (χ0n) is 15.0. The van der Waals surface area contributed by atoms with Crippen LogP contribution in [0.25, 0.3) is 10.8 Å². The summed E-state index contributed by atoms with van der Waals surface area (Å²) < 4.78 is 6.80. The highest BCUT2D eigenvalue weighted by Crippen LogP contribution is 2.25. The van der Waals surface area contributed by atoms with E-state index in [0.29, 0.717) is 17.1 Å². The van der Waals surface area contributed by atoms with Crippen LogP contribution in [0.2, 0.25) is 0 Å². The van der Waals surface area contributed by atoms with Crippen molar-refractivity contribution < 1.29 is 14.3 Å². The van der Waals surface area contributed by atoms with Crippen LogP contribution in [-0.4, -0.2) is 17.9 Å². The number of amides is 2. The van der Waals surface area contributed by atoms with Gasteiger partial charge in [0.05, 0.1) is 0 Å². The Hall–Kier alpha value is -2.86. The van der Waals surface area contributed by atoms with Crippen LogP contribution in [-0.2, 0) is 9.59 Å². The van der Waals surface area contributed by atoms with Crippen LogP contribution in [0.5, 0.6) is 5.75 Å². The minimum Gasteiger partial charge on any atom is -0.481 e. The molecule has 2 N–H and O–H groups in total. The van der Waals surface area contributed by atoms with Gasteiger partial charge in [0.25, 0.3) is 5.91 Å². The van der Waals surface area contributed by atoms with Crippen LogP contribution in [0.4, 0.5) is 11.4 Å². The highest BCUT2D eigenvalue weighted by molar-refractivity contribution is 9.10. The van der Waals surface area contributed by atoms with E-state index in [1.54, 1.807) is 31.2 Å². The summed E-state index contributed by atoms with van der Waals surface area (Å²) in [6.07, 6.45) is -0.659. The van der Waals surface area contributed by atoms with Crippen LogP contribution < -0.4 is 15.4 Å². The molecule has 3 aromatic carbocycles. The molecule has 0 aliphatic heterocycles. The molecular formula is C21H19BrN2O3. The first-order valence-corrected chi connectivity index (χ1v) is 9.24. The summed E-state index contributed by atoms with van der Waals surface area (Å²) in [7, 11) is 0. The fourth-order valence-corrected chi connectivity index (χ4v) is 2.99. The summed E-state index contributed by atoms with van der Waals surface area (Å²) in [5.74, 6) is 0.239. The lowest BCUT2D eigenvalue weighted by Gasteiger charge is -2.15. The maximum absolute atomic E-state index is 12.4. The maximum atomic E-state index is 12.4. The van der Waals surface area contributed by atoms with E-state index in [-0.39, 0.29) is 11.8 Å². The van der Waals surface area contributed by atoms with Gasteiger partial charge in [0, 0.05) is 22.8 Å². The molecule has 6 heteroatoms. The van der Waals surface area contributed by atoms with Gasteiger partial charge in [-0.25, -0.2) is 0 Å². The lowest BCUT2D eigenvalue weighted by atomic mass is 10.1. The average molecular weight is 427 g/mol. The minimum atomic E-state index is -0.659. The zero-order chi connectivity index (χ0) is 19.4. The smallest absolute Gasteiger partial charge is 0.265 e. The summed E-state index contributed by atoms with van der Waals surface area (Å²) in [4.78, 5) is 23.4. The number of carbonyl (C=O) groups is 2. The van der Waals surface area contributed by atoms with Crippen LogP contribution in [0, 0.1) is 0 Å². The molecule has 0 spiro atoms. The fourth-order valence-electron chi connectivity index (χ4n) is 2.61. The molecular weight excluding hydrogens is 408 g/mol. The van der Waals surface area contributed by atoms with Gasteiger partial charge in [-0.2, -0.15) is 0 Å². The van der Waals surface area contributed by atoms with Gasteiger partial charge in [0.2, 0.25) is 5.91 Å². The first-order chi connectivity index (χ1) is 12.9. The van der Waals surface area contributed by atoms with Crippen molar-refractivity contribution in [2.24, 2.45) is 0 Å². The van der Waals surface area contributed by atoms with Gasteiger partial charge in [-0.1, -0.05) is 28.1 Å². The van der Waals surface area contributed by atoms with E-state index in [1.807, 2.05) is 36.4 Å². The average Bonchev–Trinajstić information content (AvgIpc) is 2.63. The Morgan fingerprint density at radius 2 is 1.48 bits per heavy atom. The highest BCUT2D eigenvalue weighted by Gasteiger charge is 2.15. The molecule has 2 amide bonds.